The molecule has 1 saturated heterocycles. The van der Waals surface area contributed by atoms with Crippen molar-refractivity contribution in [3.05, 3.63) is 95.0 Å². The first-order chi connectivity index (χ1) is 19.1. The van der Waals surface area contributed by atoms with Crippen molar-refractivity contribution >= 4 is 19.3 Å². The molecule has 1 aliphatic heterocycles. The van der Waals surface area contributed by atoms with E-state index in [0.717, 1.165) is 16.8 Å². The lowest BCUT2D eigenvalue weighted by Gasteiger charge is -2.32. The highest BCUT2D eigenvalue weighted by molar-refractivity contribution is 6.56. The van der Waals surface area contributed by atoms with Crippen LogP contribution in [0.25, 0.3) is 17.2 Å². The van der Waals surface area contributed by atoms with Crippen molar-refractivity contribution in [1.82, 2.24) is 5.32 Å². The zero-order valence-electron chi connectivity index (χ0n) is 24.2. The first-order valence-corrected chi connectivity index (χ1v) is 14.0. The Morgan fingerprint density at radius 1 is 0.900 bits per heavy atom. The number of para-hydroxylation sites is 1. The summed E-state index contributed by atoms with van der Waals surface area (Å²) in [6, 6.07) is 24.4. The number of alkyl carbamates (subject to hydrolysis) is 1. The third-order valence-corrected chi connectivity index (χ3v) is 7.96. The summed E-state index contributed by atoms with van der Waals surface area (Å²) in [4.78, 5) is 13.0. The molecule has 0 unspecified atom stereocenters. The number of hydrogen-bond donors (Lipinski definition) is 1. The standard InChI is InChI=1S/C33H38BNO5/c1-22(2)38-30-18-12-7-13-23(30)19-24(34-39-32(3,4)33(5,6)40-34)20-35-31(36)37-21-29-27-16-10-8-14-25(27)26-15-9-11-17-28(26)29/h7-19,22,29H,20-21H2,1-6H3,(H,35,36). The van der Waals surface area contributed by atoms with Crippen LogP contribution < -0.4 is 10.1 Å². The van der Waals surface area contributed by atoms with Crippen molar-refractivity contribution in [2.45, 2.75) is 64.8 Å². The van der Waals surface area contributed by atoms with Gasteiger partial charge in [-0.1, -0.05) is 72.8 Å². The smallest absolute Gasteiger partial charge is 0.490 e. The third kappa shape index (κ3) is 5.67. The van der Waals surface area contributed by atoms with Gasteiger partial charge in [0.05, 0.1) is 17.3 Å². The molecule has 0 spiro atoms. The summed E-state index contributed by atoms with van der Waals surface area (Å²) in [5, 5.41) is 2.94. The van der Waals surface area contributed by atoms with E-state index in [-0.39, 0.29) is 25.2 Å². The third-order valence-electron chi connectivity index (χ3n) is 7.96. The number of amides is 1. The van der Waals surface area contributed by atoms with Crippen molar-refractivity contribution in [2.75, 3.05) is 13.2 Å². The molecule has 208 valence electrons. The van der Waals surface area contributed by atoms with Gasteiger partial charge in [-0.2, -0.15) is 0 Å². The molecule has 1 heterocycles. The molecule has 0 radical (unpaired) electrons. The number of fused-ring (bicyclic) bond motifs is 3. The summed E-state index contributed by atoms with van der Waals surface area (Å²) >= 11 is 0. The topological polar surface area (TPSA) is 66.0 Å². The fourth-order valence-electron chi connectivity index (χ4n) is 5.18. The molecule has 3 aromatic rings. The molecule has 1 amide bonds. The van der Waals surface area contributed by atoms with E-state index >= 15 is 0 Å². The molecule has 2 aliphatic rings. The summed E-state index contributed by atoms with van der Waals surface area (Å²) < 4.78 is 24.5. The van der Waals surface area contributed by atoms with Gasteiger partial charge in [0.2, 0.25) is 0 Å². The van der Waals surface area contributed by atoms with Crippen LogP contribution in [0, 0.1) is 0 Å². The Balaban J connectivity index is 1.32. The second-order valence-electron chi connectivity index (χ2n) is 11.7. The Hall–Kier alpha value is -3.55. The minimum Gasteiger partial charge on any atom is -0.490 e. The van der Waals surface area contributed by atoms with Crippen molar-refractivity contribution in [2.24, 2.45) is 0 Å². The van der Waals surface area contributed by atoms with Gasteiger partial charge in [-0.3, -0.25) is 0 Å². The van der Waals surface area contributed by atoms with Crippen LogP contribution in [0.1, 0.15) is 64.2 Å². The van der Waals surface area contributed by atoms with Gasteiger partial charge in [0, 0.05) is 18.0 Å². The summed E-state index contributed by atoms with van der Waals surface area (Å²) in [7, 11) is -0.633. The maximum Gasteiger partial charge on any atom is 0.492 e. The largest absolute Gasteiger partial charge is 0.492 e. The number of carbonyl (C=O) groups is 1. The number of benzene rings is 3. The number of nitrogens with one attached hydrogen (secondary N) is 1. The first kappa shape index (κ1) is 28.0. The Bertz CT molecular complexity index is 1350. The lowest BCUT2D eigenvalue weighted by molar-refractivity contribution is 0.00578. The predicted octanol–water partition coefficient (Wildman–Crippen LogP) is 7.03. The number of carbonyl (C=O) groups excluding carboxylic acids is 1. The van der Waals surface area contributed by atoms with E-state index in [2.05, 4.69) is 29.6 Å². The van der Waals surface area contributed by atoms with Crippen molar-refractivity contribution < 1.29 is 23.6 Å². The van der Waals surface area contributed by atoms with Crippen LogP contribution in [0.4, 0.5) is 4.79 Å². The van der Waals surface area contributed by atoms with E-state index in [4.69, 9.17) is 18.8 Å². The maximum atomic E-state index is 13.0. The van der Waals surface area contributed by atoms with Crippen LogP contribution in [0.15, 0.2) is 78.3 Å². The maximum absolute atomic E-state index is 13.0. The van der Waals surface area contributed by atoms with Gasteiger partial charge in [0.25, 0.3) is 0 Å². The number of ether oxygens (including phenoxy) is 2. The van der Waals surface area contributed by atoms with Crippen LogP contribution in [-0.2, 0) is 14.0 Å². The molecule has 1 N–H and O–H groups in total. The molecule has 1 fully saturated rings. The second-order valence-corrected chi connectivity index (χ2v) is 11.7. The van der Waals surface area contributed by atoms with E-state index in [1.54, 1.807) is 0 Å². The van der Waals surface area contributed by atoms with Crippen LogP contribution in [0.2, 0.25) is 0 Å². The molecular formula is C33H38BNO5. The number of rotatable bonds is 8. The van der Waals surface area contributed by atoms with E-state index in [1.807, 2.05) is 96.1 Å². The van der Waals surface area contributed by atoms with Crippen LogP contribution in [-0.4, -0.2) is 43.7 Å². The Kier molecular flexibility index (Phi) is 7.80. The minimum atomic E-state index is -0.633. The highest BCUT2D eigenvalue weighted by atomic mass is 16.7. The lowest BCUT2D eigenvalue weighted by atomic mass is 9.77. The van der Waals surface area contributed by atoms with Crippen molar-refractivity contribution in [1.29, 1.82) is 0 Å². The van der Waals surface area contributed by atoms with Crippen molar-refractivity contribution in [3.8, 4) is 16.9 Å². The van der Waals surface area contributed by atoms with Gasteiger partial charge in [-0.05, 0) is 75.3 Å². The molecule has 7 heteroatoms. The lowest BCUT2D eigenvalue weighted by Crippen LogP contribution is -2.41. The first-order valence-electron chi connectivity index (χ1n) is 14.0. The zero-order valence-corrected chi connectivity index (χ0v) is 24.2. The van der Waals surface area contributed by atoms with E-state index in [0.29, 0.717) is 0 Å². The molecular weight excluding hydrogens is 501 g/mol. The van der Waals surface area contributed by atoms with Crippen LogP contribution in [0.5, 0.6) is 5.75 Å². The van der Waals surface area contributed by atoms with Gasteiger partial charge in [0.1, 0.15) is 12.4 Å². The van der Waals surface area contributed by atoms with Gasteiger partial charge in [-0.15, -0.1) is 0 Å². The molecule has 5 rings (SSSR count). The van der Waals surface area contributed by atoms with Gasteiger partial charge >= 0.3 is 13.2 Å². The fourth-order valence-corrected chi connectivity index (χ4v) is 5.18. The predicted molar refractivity (Wildman–Crippen MR) is 159 cm³/mol. The quantitative estimate of drug-likeness (QED) is 0.312. The van der Waals surface area contributed by atoms with Crippen LogP contribution >= 0.6 is 0 Å². The molecule has 0 aromatic heterocycles. The minimum absolute atomic E-state index is 0.00341. The highest BCUT2D eigenvalue weighted by Crippen LogP contribution is 2.44. The zero-order chi connectivity index (χ0) is 28.5. The molecule has 6 nitrogen and oxygen atoms in total. The van der Waals surface area contributed by atoms with E-state index < -0.39 is 24.4 Å². The average Bonchev–Trinajstić information content (AvgIpc) is 3.34. The number of hydrogen-bond acceptors (Lipinski definition) is 5. The molecule has 0 bridgehead atoms. The monoisotopic (exact) mass is 539 g/mol. The Labute approximate surface area is 237 Å². The van der Waals surface area contributed by atoms with Gasteiger partial charge in [-0.25, -0.2) is 4.79 Å². The Morgan fingerprint density at radius 3 is 2.05 bits per heavy atom. The molecule has 0 saturated carbocycles. The normalized spacial score (nSPS) is 17.5. The molecule has 0 atom stereocenters. The fraction of sp³-hybridized carbons (Fsp3) is 0.364. The van der Waals surface area contributed by atoms with Crippen molar-refractivity contribution in [3.63, 3.8) is 0 Å². The molecule has 3 aromatic carbocycles. The van der Waals surface area contributed by atoms with Gasteiger partial charge < -0.3 is 24.1 Å². The van der Waals surface area contributed by atoms with E-state index in [9.17, 15) is 4.79 Å². The van der Waals surface area contributed by atoms with Crippen LogP contribution in [0.3, 0.4) is 0 Å². The SMILES string of the molecule is CC(C)Oc1ccccc1C=C(CNC(=O)OCC1c2ccccc2-c2ccccc21)B1OC(C)(C)C(C)(C)O1. The highest BCUT2D eigenvalue weighted by Gasteiger charge is 2.52. The summed E-state index contributed by atoms with van der Waals surface area (Å²) in [5.74, 6) is 0.754. The summed E-state index contributed by atoms with van der Waals surface area (Å²) in [6.45, 7) is 12.5. The Morgan fingerprint density at radius 2 is 1.45 bits per heavy atom. The summed E-state index contributed by atoms with van der Waals surface area (Å²) in [5.41, 5.74) is 5.36. The average molecular weight is 539 g/mol. The van der Waals surface area contributed by atoms with E-state index in [1.165, 1.54) is 22.3 Å². The molecule has 1 aliphatic carbocycles. The molecule has 40 heavy (non-hydrogen) atoms. The summed E-state index contributed by atoms with van der Waals surface area (Å²) in [6.07, 6.45) is 1.51. The second kappa shape index (κ2) is 11.1. The van der Waals surface area contributed by atoms with Gasteiger partial charge in [0.15, 0.2) is 0 Å².